The fourth-order valence-electron chi connectivity index (χ4n) is 3.73. The third-order valence-corrected chi connectivity index (χ3v) is 5.51. The molecule has 2 nitrogen and oxygen atoms in total. The van der Waals surface area contributed by atoms with Crippen LogP contribution < -0.4 is 0 Å². The van der Waals surface area contributed by atoms with E-state index in [0.717, 1.165) is 0 Å². The van der Waals surface area contributed by atoms with Crippen molar-refractivity contribution in [1.29, 1.82) is 0 Å². The lowest BCUT2D eigenvalue weighted by Crippen LogP contribution is -2.47. The van der Waals surface area contributed by atoms with Gasteiger partial charge in [-0.2, -0.15) is 13.2 Å². The minimum absolute atomic E-state index is 0.151. The summed E-state index contributed by atoms with van der Waals surface area (Å²) in [5, 5.41) is 11.3. The Balaban J connectivity index is 2.21. The Labute approximate surface area is 160 Å². The monoisotopic (exact) mass is 391 g/mol. The van der Waals surface area contributed by atoms with Crippen molar-refractivity contribution in [2.75, 3.05) is 0 Å². The van der Waals surface area contributed by atoms with E-state index in [1.54, 1.807) is 38.1 Å². The van der Waals surface area contributed by atoms with Gasteiger partial charge in [0, 0.05) is 17.1 Å². The zero-order chi connectivity index (χ0) is 20.6. The predicted octanol–water partition coefficient (Wildman–Crippen LogP) is 5.88. The van der Waals surface area contributed by atoms with Gasteiger partial charge in [-0.05, 0) is 42.0 Å². The molecule has 1 heterocycles. The average Bonchev–Trinajstić information content (AvgIpc) is 2.66. The van der Waals surface area contributed by atoms with Crippen molar-refractivity contribution in [2.45, 2.75) is 43.9 Å². The standard InChI is InChI=1S/C22H21F4NO/c1-3-20(2,17-9-5-6-10-18(17)23)14-21(28,22(24,25)26)16-12-13-27-19-11-7-4-8-15(16)19/h4-13,28H,3,14H2,1-2H3. The zero-order valence-electron chi connectivity index (χ0n) is 15.6. The number of para-hydroxylation sites is 1. The molecule has 0 radical (unpaired) electrons. The van der Waals surface area contributed by atoms with E-state index in [1.807, 2.05) is 0 Å². The number of rotatable bonds is 5. The first-order chi connectivity index (χ1) is 13.1. The fraction of sp³-hybridized carbons (Fsp3) is 0.318. The van der Waals surface area contributed by atoms with E-state index in [1.165, 1.54) is 36.5 Å². The van der Waals surface area contributed by atoms with Crippen molar-refractivity contribution < 1.29 is 22.7 Å². The minimum atomic E-state index is -4.96. The third kappa shape index (κ3) is 3.37. The highest BCUT2D eigenvalue weighted by atomic mass is 19.4. The minimum Gasteiger partial charge on any atom is -0.376 e. The van der Waals surface area contributed by atoms with Crippen LogP contribution in [0.25, 0.3) is 10.9 Å². The number of pyridine rings is 1. The highest BCUT2D eigenvalue weighted by molar-refractivity contribution is 5.82. The van der Waals surface area contributed by atoms with Gasteiger partial charge >= 0.3 is 6.18 Å². The molecule has 0 spiro atoms. The van der Waals surface area contributed by atoms with Gasteiger partial charge < -0.3 is 5.11 Å². The van der Waals surface area contributed by atoms with Crippen LogP contribution in [0.15, 0.2) is 60.8 Å². The molecule has 0 aliphatic heterocycles. The molecule has 2 unspecified atom stereocenters. The molecule has 1 N–H and O–H groups in total. The van der Waals surface area contributed by atoms with Crippen molar-refractivity contribution in [3.8, 4) is 0 Å². The van der Waals surface area contributed by atoms with Crippen LogP contribution in [-0.4, -0.2) is 16.3 Å². The molecule has 0 bridgehead atoms. The molecular weight excluding hydrogens is 370 g/mol. The maximum Gasteiger partial charge on any atom is 0.421 e. The van der Waals surface area contributed by atoms with Gasteiger partial charge in [0.15, 0.2) is 5.60 Å². The lowest BCUT2D eigenvalue weighted by molar-refractivity contribution is -0.273. The molecule has 0 saturated heterocycles. The Morgan fingerprint density at radius 1 is 0.929 bits per heavy atom. The second-order valence-electron chi connectivity index (χ2n) is 7.30. The van der Waals surface area contributed by atoms with Gasteiger partial charge in [0.2, 0.25) is 0 Å². The van der Waals surface area contributed by atoms with Crippen molar-refractivity contribution in [1.82, 2.24) is 4.98 Å². The van der Waals surface area contributed by atoms with Gasteiger partial charge in [0.05, 0.1) is 5.52 Å². The molecule has 2 atom stereocenters. The van der Waals surface area contributed by atoms with Crippen molar-refractivity contribution in [3.63, 3.8) is 0 Å². The molecule has 3 rings (SSSR count). The van der Waals surface area contributed by atoms with Gasteiger partial charge in [-0.3, -0.25) is 4.98 Å². The summed E-state index contributed by atoms with van der Waals surface area (Å²) in [7, 11) is 0. The number of halogens is 4. The normalized spacial score (nSPS) is 16.5. The maximum atomic E-state index is 14.4. The SMILES string of the molecule is CCC(C)(CC(O)(c1ccnc2ccccc12)C(F)(F)F)c1ccccc1F. The van der Waals surface area contributed by atoms with E-state index >= 15 is 0 Å². The maximum absolute atomic E-state index is 14.4. The molecule has 0 aliphatic carbocycles. The molecular formula is C22H21F4NO. The van der Waals surface area contributed by atoms with Crippen LogP contribution in [0.5, 0.6) is 0 Å². The second-order valence-corrected chi connectivity index (χ2v) is 7.30. The summed E-state index contributed by atoms with van der Waals surface area (Å²) >= 11 is 0. The van der Waals surface area contributed by atoms with Crippen LogP contribution in [0.3, 0.4) is 0 Å². The summed E-state index contributed by atoms with van der Waals surface area (Å²) in [6.07, 6.45) is -4.20. The van der Waals surface area contributed by atoms with Gasteiger partial charge in [0.25, 0.3) is 0 Å². The van der Waals surface area contributed by atoms with E-state index in [4.69, 9.17) is 0 Å². The second kappa shape index (κ2) is 7.17. The molecule has 0 fully saturated rings. The summed E-state index contributed by atoms with van der Waals surface area (Å²) in [6.45, 7) is 3.24. The zero-order valence-corrected chi connectivity index (χ0v) is 15.6. The summed E-state index contributed by atoms with van der Waals surface area (Å²) in [5.41, 5.74) is -4.17. The molecule has 1 aromatic heterocycles. The fourth-order valence-corrected chi connectivity index (χ4v) is 3.73. The van der Waals surface area contributed by atoms with E-state index < -0.39 is 29.4 Å². The van der Waals surface area contributed by atoms with E-state index in [9.17, 15) is 22.7 Å². The Morgan fingerprint density at radius 3 is 2.21 bits per heavy atom. The number of fused-ring (bicyclic) bond motifs is 1. The molecule has 28 heavy (non-hydrogen) atoms. The van der Waals surface area contributed by atoms with Crippen LogP contribution in [0.4, 0.5) is 17.6 Å². The summed E-state index contributed by atoms with van der Waals surface area (Å²) < 4.78 is 57.1. The number of alkyl halides is 3. The lowest BCUT2D eigenvalue weighted by atomic mass is 9.69. The summed E-state index contributed by atoms with van der Waals surface area (Å²) in [5.74, 6) is -0.587. The summed E-state index contributed by atoms with van der Waals surface area (Å²) in [4.78, 5) is 4.09. The van der Waals surface area contributed by atoms with E-state index in [-0.39, 0.29) is 22.9 Å². The molecule has 6 heteroatoms. The molecule has 3 aromatic rings. The number of hydrogen-bond donors (Lipinski definition) is 1. The Bertz CT molecular complexity index is 982. The van der Waals surface area contributed by atoms with Gasteiger partial charge in [-0.1, -0.05) is 50.2 Å². The number of aromatic nitrogens is 1. The lowest BCUT2D eigenvalue weighted by Gasteiger charge is -2.40. The Kier molecular flexibility index (Phi) is 5.19. The van der Waals surface area contributed by atoms with Crippen LogP contribution in [0.2, 0.25) is 0 Å². The van der Waals surface area contributed by atoms with Crippen molar-refractivity contribution >= 4 is 10.9 Å². The first kappa shape index (κ1) is 20.3. The molecule has 0 amide bonds. The highest BCUT2D eigenvalue weighted by Crippen LogP contribution is 2.50. The van der Waals surface area contributed by atoms with Crippen molar-refractivity contribution in [3.05, 3.63) is 77.7 Å². The number of aliphatic hydroxyl groups is 1. The third-order valence-electron chi connectivity index (χ3n) is 5.51. The number of nitrogens with zero attached hydrogens (tertiary/aromatic N) is 1. The number of hydrogen-bond acceptors (Lipinski definition) is 2. The number of benzene rings is 2. The highest BCUT2D eigenvalue weighted by Gasteiger charge is 2.58. The van der Waals surface area contributed by atoms with Gasteiger partial charge in [-0.25, -0.2) is 4.39 Å². The van der Waals surface area contributed by atoms with Gasteiger partial charge in [-0.15, -0.1) is 0 Å². The largest absolute Gasteiger partial charge is 0.421 e. The van der Waals surface area contributed by atoms with Gasteiger partial charge in [0.1, 0.15) is 5.82 Å². The topological polar surface area (TPSA) is 33.1 Å². The van der Waals surface area contributed by atoms with Crippen molar-refractivity contribution in [2.24, 2.45) is 0 Å². The predicted molar refractivity (Wildman–Crippen MR) is 100 cm³/mol. The molecule has 148 valence electrons. The first-order valence-electron chi connectivity index (χ1n) is 9.01. The Morgan fingerprint density at radius 2 is 1.57 bits per heavy atom. The van der Waals surface area contributed by atoms with Crippen LogP contribution in [-0.2, 0) is 11.0 Å². The Hall–Kier alpha value is -2.47. The average molecular weight is 391 g/mol. The van der Waals surface area contributed by atoms with Crippen LogP contribution >= 0.6 is 0 Å². The smallest absolute Gasteiger partial charge is 0.376 e. The quantitative estimate of drug-likeness (QED) is 0.551. The van der Waals surface area contributed by atoms with E-state index in [0.29, 0.717) is 5.52 Å². The van der Waals surface area contributed by atoms with Crippen LogP contribution in [0, 0.1) is 5.82 Å². The summed E-state index contributed by atoms with van der Waals surface area (Å²) in [6, 6.07) is 13.3. The molecule has 2 aromatic carbocycles. The molecule has 0 aliphatic rings. The molecule has 0 saturated carbocycles. The van der Waals surface area contributed by atoms with Crippen LogP contribution in [0.1, 0.15) is 37.8 Å². The first-order valence-corrected chi connectivity index (χ1v) is 9.01. The van der Waals surface area contributed by atoms with E-state index in [2.05, 4.69) is 4.98 Å².